The molecule has 0 spiro atoms. The van der Waals surface area contributed by atoms with Gasteiger partial charge in [0.1, 0.15) is 17.6 Å². The Hall–Kier alpha value is -2.93. The molecule has 0 aromatic heterocycles. The number of piperazine rings is 1. The van der Waals surface area contributed by atoms with Gasteiger partial charge in [-0.1, -0.05) is 24.3 Å². The zero-order chi connectivity index (χ0) is 22.5. The molecule has 0 saturated carbocycles. The first kappa shape index (κ1) is 22.3. The Bertz CT molecular complexity index is 932. The van der Waals surface area contributed by atoms with E-state index < -0.39 is 0 Å². The minimum absolute atomic E-state index is 0.0412. The predicted octanol–water partition coefficient (Wildman–Crippen LogP) is 2.71. The molecule has 4 rings (SSSR count). The van der Waals surface area contributed by atoms with Crippen molar-refractivity contribution in [2.45, 2.75) is 32.4 Å². The molecule has 1 atom stereocenters. The predicted molar refractivity (Wildman–Crippen MR) is 120 cm³/mol. The van der Waals surface area contributed by atoms with Gasteiger partial charge in [0.05, 0.1) is 13.0 Å². The molecule has 2 aromatic carbocycles. The van der Waals surface area contributed by atoms with Crippen LogP contribution >= 0.6 is 0 Å². The number of hydrogen-bond acceptors (Lipinski definition) is 4. The number of carbonyl (C=O) groups is 2. The Morgan fingerprint density at radius 3 is 2.44 bits per heavy atom. The number of hydrogen-bond donors (Lipinski definition) is 0. The lowest BCUT2D eigenvalue weighted by atomic mass is 10.1. The average molecular weight is 440 g/mol. The van der Waals surface area contributed by atoms with Crippen molar-refractivity contribution in [3.8, 4) is 5.75 Å². The highest BCUT2D eigenvalue weighted by Gasteiger charge is 2.38. The molecule has 1 unspecified atom stereocenters. The van der Waals surface area contributed by atoms with Crippen LogP contribution in [0.3, 0.4) is 0 Å². The monoisotopic (exact) mass is 439 g/mol. The fourth-order valence-electron chi connectivity index (χ4n) is 4.46. The summed E-state index contributed by atoms with van der Waals surface area (Å²) in [7, 11) is 0. The zero-order valence-electron chi connectivity index (χ0n) is 18.5. The van der Waals surface area contributed by atoms with E-state index in [9.17, 15) is 14.0 Å². The largest absolute Gasteiger partial charge is 0.494 e. The molecule has 2 heterocycles. The number of halogens is 1. The second-order valence-corrected chi connectivity index (χ2v) is 8.39. The van der Waals surface area contributed by atoms with Gasteiger partial charge in [0.15, 0.2) is 0 Å². The molecule has 0 N–H and O–H groups in total. The van der Waals surface area contributed by atoms with E-state index in [0.29, 0.717) is 39.2 Å². The second kappa shape index (κ2) is 10.1. The Labute approximate surface area is 188 Å². The molecule has 2 amide bonds. The van der Waals surface area contributed by atoms with Crippen molar-refractivity contribution in [2.24, 2.45) is 0 Å². The summed E-state index contributed by atoms with van der Waals surface area (Å²) in [5.41, 5.74) is 1.85. The summed E-state index contributed by atoms with van der Waals surface area (Å²) in [5, 5.41) is 0. The molecule has 2 fully saturated rings. The lowest BCUT2D eigenvalue weighted by molar-refractivity contribution is -0.143. The third-order valence-electron chi connectivity index (χ3n) is 6.19. The summed E-state index contributed by atoms with van der Waals surface area (Å²) < 4.78 is 18.7. The maximum atomic E-state index is 13.3. The van der Waals surface area contributed by atoms with Crippen molar-refractivity contribution >= 4 is 11.8 Å². The van der Waals surface area contributed by atoms with Gasteiger partial charge in [-0.2, -0.15) is 0 Å². The molecular formula is C25H30FN3O3. The van der Waals surface area contributed by atoms with E-state index >= 15 is 0 Å². The molecule has 0 radical (unpaired) electrons. The van der Waals surface area contributed by atoms with Gasteiger partial charge >= 0.3 is 0 Å². The normalized spacial score (nSPS) is 19.4. The van der Waals surface area contributed by atoms with Gasteiger partial charge in [0.2, 0.25) is 11.8 Å². The average Bonchev–Trinajstić information content (AvgIpc) is 3.02. The standard InChI is InChI=1S/C25H30FN3O3/c1-2-32-22-10-6-19(7-11-22)16-24(30)28-13-3-12-27-14-15-29(25(31)23(27)18-28)17-20-4-8-21(26)9-5-20/h4-11,23H,2-3,12-18H2,1H3. The van der Waals surface area contributed by atoms with Gasteiger partial charge in [-0.05, 0) is 48.7 Å². The number of ether oxygens (including phenoxy) is 1. The van der Waals surface area contributed by atoms with E-state index in [0.717, 1.165) is 36.4 Å². The second-order valence-electron chi connectivity index (χ2n) is 8.39. The lowest BCUT2D eigenvalue weighted by Gasteiger charge is -2.40. The highest BCUT2D eigenvalue weighted by atomic mass is 19.1. The SMILES string of the molecule is CCOc1ccc(CC(=O)N2CCCN3CCN(Cc4ccc(F)cc4)C(=O)C3C2)cc1. The first-order chi connectivity index (χ1) is 15.5. The zero-order valence-corrected chi connectivity index (χ0v) is 18.5. The third-order valence-corrected chi connectivity index (χ3v) is 6.19. The first-order valence-electron chi connectivity index (χ1n) is 11.3. The van der Waals surface area contributed by atoms with Gasteiger partial charge < -0.3 is 14.5 Å². The number of amides is 2. The van der Waals surface area contributed by atoms with Crippen molar-refractivity contribution < 1.29 is 18.7 Å². The first-order valence-corrected chi connectivity index (χ1v) is 11.3. The van der Waals surface area contributed by atoms with Crippen molar-refractivity contribution in [2.75, 3.05) is 39.3 Å². The number of rotatable bonds is 6. The summed E-state index contributed by atoms with van der Waals surface area (Å²) in [6, 6.07) is 13.6. The van der Waals surface area contributed by atoms with Crippen LogP contribution in [0.4, 0.5) is 4.39 Å². The van der Waals surface area contributed by atoms with E-state index in [2.05, 4.69) is 4.90 Å². The number of fused-ring (bicyclic) bond motifs is 1. The topological polar surface area (TPSA) is 53.1 Å². The summed E-state index contributed by atoms with van der Waals surface area (Å²) in [6.45, 7) is 6.33. The van der Waals surface area contributed by atoms with Crippen LogP contribution < -0.4 is 4.74 Å². The van der Waals surface area contributed by atoms with Crippen LogP contribution in [0, 0.1) is 5.82 Å². The van der Waals surface area contributed by atoms with Crippen LogP contribution in [-0.2, 0) is 22.6 Å². The van der Waals surface area contributed by atoms with Crippen LogP contribution in [-0.4, -0.2) is 71.9 Å². The Kier molecular flexibility index (Phi) is 7.05. The van der Waals surface area contributed by atoms with Crippen LogP contribution in [0.15, 0.2) is 48.5 Å². The number of benzene rings is 2. The van der Waals surface area contributed by atoms with E-state index in [1.807, 2.05) is 41.0 Å². The van der Waals surface area contributed by atoms with Crippen molar-refractivity contribution in [3.63, 3.8) is 0 Å². The molecule has 2 aromatic rings. The highest BCUT2D eigenvalue weighted by molar-refractivity contribution is 5.85. The van der Waals surface area contributed by atoms with Gasteiger partial charge in [0.25, 0.3) is 0 Å². The fourth-order valence-corrected chi connectivity index (χ4v) is 4.46. The van der Waals surface area contributed by atoms with Crippen LogP contribution in [0.2, 0.25) is 0 Å². The van der Waals surface area contributed by atoms with Gasteiger partial charge in [0, 0.05) is 39.3 Å². The smallest absolute Gasteiger partial charge is 0.242 e. The van der Waals surface area contributed by atoms with Crippen LogP contribution in [0.25, 0.3) is 0 Å². The number of carbonyl (C=O) groups excluding carboxylic acids is 2. The molecule has 0 bridgehead atoms. The summed E-state index contributed by atoms with van der Waals surface area (Å²) in [4.78, 5) is 32.2. The molecule has 2 aliphatic rings. The highest BCUT2D eigenvalue weighted by Crippen LogP contribution is 2.20. The summed E-state index contributed by atoms with van der Waals surface area (Å²) in [6.07, 6.45) is 1.17. The van der Waals surface area contributed by atoms with Gasteiger partial charge in [-0.3, -0.25) is 14.5 Å². The minimum Gasteiger partial charge on any atom is -0.494 e. The lowest BCUT2D eigenvalue weighted by Crippen LogP contribution is -2.59. The maximum absolute atomic E-state index is 13.3. The molecule has 2 saturated heterocycles. The van der Waals surface area contributed by atoms with Gasteiger partial charge in [-0.15, -0.1) is 0 Å². The van der Waals surface area contributed by atoms with Crippen LogP contribution in [0.1, 0.15) is 24.5 Å². The van der Waals surface area contributed by atoms with Crippen LogP contribution in [0.5, 0.6) is 5.75 Å². The molecule has 6 nitrogen and oxygen atoms in total. The molecule has 170 valence electrons. The molecular weight excluding hydrogens is 409 g/mol. The summed E-state index contributed by atoms with van der Waals surface area (Å²) >= 11 is 0. The molecule has 2 aliphatic heterocycles. The van der Waals surface area contributed by atoms with Crippen molar-refractivity contribution in [1.82, 2.24) is 14.7 Å². The third kappa shape index (κ3) is 5.27. The minimum atomic E-state index is -0.323. The van der Waals surface area contributed by atoms with E-state index in [4.69, 9.17) is 4.74 Å². The van der Waals surface area contributed by atoms with Crippen molar-refractivity contribution in [1.29, 1.82) is 0 Å². The Morgan fingerprint density at radius 1 is 1.00 bits per heavy atom. The van der Waals surface area contributed by atoms with E-state index in [1.165, 1.54) is 12.1 Å². The van der Waals surface area contributed by atoms with Crippen molar-refractivity contribution in [3.05, 3.63) is 65.5 Å². The Balaban J connectivity index is 1.40. The van der Waals surface area contributed by atoms with E-state index in [1.54, 1.807) is 12.1 Å². The molecule has 7 heteroatoms. The fraction of sp³-hybridized carbons (Fsp3) is 0.440. The quantitative estimate of drug-likeness (QED) is 0.695. The maximum Gasteiger partial charge on any atom is 0.242 e. The molecule has 32 heavy (non-hydrogen) atoms. The van der Waals surface area contributed by atoms with Gasteiger partial charge in [-0.25, -0.2) is 4.39 Å². The van der Waals surface area contributed by atoms with E-state index in [-0.39, 0.29) is 23.7 Å². The number of nitrogens with zero attached hydrogens (tertiary/aromatic N) is 3. The molecule has 0 aliphatic carbocycles. The summed E-state index contributed by atoms with van der Waals surface area (Å²) in [5.74, 6) is 0.597. The Morgan fingerprint density at radius 2 is 1.72 bits per heavy atom.